The minimum Gasteiger partial charge on any atom is -0.382 e. The maximum Gasteiger partial charge on any atom is 0.327 e. The standard InChI is InChI=1S/C21H27FN6O.C2H6/c1-15-5-4-9-27(14-15)19-7-6-18-20(26-19)28(10-3-2-8-24-18)21(29)25-17-11-16(22)12-23-13-17;1-2/h6-7,11-13,15,24H,2-5,8-10,14H2,1H3,(H,25,29);1-2H3. The van der Waals surface area contributed by atoms with E-state index in [0.29, 0.717) is 24.0 Å². The third-order valence-corrected chi connectivity index (χ3v) is 5.42. The van der Waals surface area contributed by atoms with Gasteiger partial charge in [-0.05, 0) is 43.7 Å². The number of rotatable bonds is 2. The fourth-order valence-corrected chi connectivity index (χ4v) is 3.95. The van der Waals surface area contributed by atoms with Crippen molar-refractivity contribution < 1.29 is 9.18 Å². The molecule has 1 fully saturated rings. The van der Waals surface area contributed by atoms with E-state index < -0.39 is 5.82 Å². The van der Waals surface area contributed by atoms with Gasteiger partial charge in [0.05, 0.1) is 23.8 Å². The van der Waals surface area contributed by atoms with Crippen molar-refractivity contribution in [2.24, 2.45) is 5.92 Å². The number of halogens is 1. The molecule has 168 valence electrons. The first-order valence-corrected chi connectivity index (χ1v) is 11.3. The molecule has 4 heterocycles. The summed E-state index contributed by atoms with van der Waals surface area (Å²) in [4.78, 5) is 25.6. The van der Waals surface area contributed by atoms with Crippen molar-refractivity contribution in [3.8, 4) is 0 Å². The third-order valence-electron chi connectivity index (χ3n) is 5.42. The minimum atomic E-state index is -0.489. The van der Waals surface area contributed by atoms with Crippen LogP contribution in [0, 0.1) is 11.7 Å². The molecule has 0 radical (unpaired) electrons. The molecule has 2 N–H and O–H groups in total. The van der Waals surface area contributed by atoms with Gasteiger partial charge in [0.25, 0.3) is 0 Å². The Hall–Kier alpha value is -2.90. The number of carbonyl (C=O) groups is 1. The molecule has 2 aliphatic heterocycles. The van der Waals surface area contributed by atoms with Gasteiger partial charge in [-0.15, -0.1) is 0 Å². The Morgan fingerprint density at radius 2 is 2.03 bits per heavy atom. The zero-order valence-electron chi connectivity index (χ0n) is 18.7. The number of nitrogens with zero attached hydrogens (tertiary/aromatic N) is 4. The Bertz CT molecular complexity index is 877. The van der Waals surface area contributed by atoms with Crippen LogP contribution in [0.4, 0.5) is 32.2 Å². The predicted octanol–water partition coefficient (Wildman–Crippen LogP) is 5.12. The Morgan fingerprint density at radius 1 is 1.19 bits per heavy atom. The van der Waals surface area contributed by atoms with E-state index in [9.17, 15) is 9.18 Å². The first-order chi connectivity index (χ1) is 15.1. The number of nitrogens with one attached hydrogen (secondary N) is 2. The number of hydrogen-bond acceptors (Lipinski definition) is 5. The summed E-state index contributed by atoms with van der Waals surface area (Å²) in [5, 5.41) is 6.14. The third kappa shape index (κ3) is 5.83. The molecule has 2 aromatic rings. The second-order valence-electron chi connectivity index (χ2n) is 7.84. The average Bonchev–Trinajstić information content (AvgIpc) is 2.75. The van der Waals surface area contributed by atoms with E-state index in [1.165, 1.54) is 18.7 Å². The number of anilines is 4. The van der Waals surface area contributed by atoms with Crippen LogP contribution in [0.15, 0.2) is 30.6 Å². The van der Waals surface area contributed by atoms with Gasteiger partial charge >= 0.3 is 6.03 Å². The number of pyridine rings is 2. The number of aromatic nitrogens is 2. The highest BCUT2D eigenvalue weighted by atomic mass is 19.1. The van der Waals surface area contributed by atoms with E-state index in [0.717, 1.165) is 56.6 Å². The second kappa shape index (κ2) is 10.9. The van der Waals surface area contributed by atoms with Crippen LogP contribution >= 0.6 is 0 Å². The lowest BCUT2D eigenvalue weighted by Crippen LogP contribution is -2.39. The second-order valence-corrected chi connectivity index (χ2v) is 7.84. The number of amides is 2. The molecule has 2 aromatic heterocycles. The highest BCUT2D eigenvalue weighted by Crippen LogP contribution is 2.31. The van der Waals surface area contributed by atoms with Gasteiger partial charge in [0.15, 0.2) is 5.82 Å². The number of urea groups is 1. The van der Waals surface area contributed by atoms with E-state index >= 15 is 0 Å². The van der Waals surface area contributed by atoms with Crippen molar-refractivity contribution in [1.29, 1.82) is 0 Å². The van der Waals surface area contributed by atoms with Crippen LogP contribution < -0.4 is 20.4 Å². The maximum atomic E-state index is 13.5. The summed E-state index contributed by atoms with van der Waals surface area (Å²) in [6, 6.07) is 4.95. The van der Waals surface area contributed by atoms with Crippen LogP contribution in [0.2, 0.25) is 0 Å². The summed E-state index contributed by atoms with van der Waals surface area (Å²) in [7, 11) is 0. The molecule has 7 nitrogen and oxygen atoms in total. The Labute approximate surface area is 184 Å². The van der Waals surface area contributed by atoms with Gasteiger partial charge in [-0.25, -0.2) is 14.2 Å². The summed E-state index contributed by atoms with van der Waals surface area (Å²) >= 11 is 0. The molecule has 0 aliphatic carbocycles. The Kier molecular flexibility index (Phi) is 8.03. The number of fused-ring (bicyclic) bond motifs is 1. The molecule has 0 aromatic carbocycles. The molecule has 0 spiro atoms. The average molecular weight is 429 g/mol. The van der Waals surface area contributed by atoms with E-state index in [1.54, 1.807) is 4.90 Å². The zero-order valence-corrected chi connectivity index (χ0v) is 18.7. The highest BCUT2D eigenvalue weighted by Gasteiger charge is 2.25. The molecule has 2 amide bonds. The SMILES string of the molecule is CC.CC1CCCN(c2ccc3c(n2)N(C(=O)Nc2cncc(F)c2)CCCCN3)C1. The number of piperidine rings is 1. The summed E-state index contributed by atoms with van der Waals surface area (Å²) in [6.07, 6.45) is 6.74. The van der Waals surface area contributed by atoms with Crippen molar-refractivity contribution >= 4 is 29.0 Å². The highest BCUT2D eigenvalue weighted by molar-refractivity contribution is 6.03. The Balaban J connectivity index is 0.00000132. The molecule has 1 atom stereocenters. The normalized spacial score (nSPS) is 18.5. The van der Waals surface area contributed by atoms with E-state index in [1.807, 2.05) is 26.0 Å². The van der Waals surface area contributed by atoms with Crippen molar-refractivity contribution in [2.75, 3.05) is 46.6 Å². The van der Waals surface area contributed by atoms with Crippen LogP contribution in [-0.4, -0.2) is 42.2 Å². The van der Waals surface area contributed by atoms with Crippen LogP contribution in [0.5, 0.6) is 0 Å². The first kappa shape index (κ1) is 22.8. The van der Waals surface area contributed by atoms with E-state index in [4.69, 9.17) is 4.98 Å². The van der Waals surface area contributed by atoms with Gasteiger partial charge < -0.3 is 15.5 Å². The molecular weight excluding hydrogens is 395 g/mol. The van der Waals surface area contributed by atoms with Gasteiger partial charge in [0.1, 0.15) is 11.6 Å². The minimum absolute atomic E-state index is 0.326. The van der Waals surface area contributed by atoms with Crippen molar-refractivity contribution in [3.05, 3.63) is 36.4 Å². The molecule has 4 rings (SSSR count). The van der Waals surface area contributed by atoms with Crippen molar-refractivity contribution in [1.82, 2.24) is 9.97 Å². The topological polar surface area (TPSA) is 73.4 Å². The lowest BCUT2D eigenvalue weighted by atomic mass is 10.0. The van der Waals surface area contributed by atoms with Gasteiger partial charge in [-0.1, -0.05) is 20.8 Å². The van der Waals surface area contributed by atoms with Crippen molar-refractivity contribution in [3.63, 3.8) is 0 Å². The van der Waals surface area contributed by atoms with Crippen molar-refractivity contribution in [2.45, 2.75) is 46.5 Å². The molecule has 0 saturated carbocycles. The zero-order chi connectivity index (χ0) is 22.2. The fraction of sp³-hybridized carbons (Fsp3) is 0.522. The predicted molar refractivity (Wildman–Crippen MR) is 124 cm³/mol. The fourth-order valence-electron chi connectivity index (χ4n) is 3.95. The molecule has 0 bridgehead atoms. The van der Waals surface area contributed by atoms with E-state index in [-0.39, 0.29) is 6.03 Å². The van der Waals surface area contributed by atoms with Gasteiger partial charge in [0.2, 0.25) is 0 Å². The number of hydrogen-bond donors (Lipinski definition) is 2. The molecule has 1 saturated heterocycles. The van der Waals surface area contributed by atoms with Gasteiger partial charge in [-0.3, -0.25) is 9.88 Å². The lowest BCUT2D eigenvalue weighted by Gasteiger charge is -2.33. The monoisotopic (exact) mass is 428 g/mol. The summed E-state index contributed by atoms with van der Waals surface area (Å²) in [6.45, 7) is 9.60. The first-order valence-electron chi connectivity index (χ1n) is 11.3. The van der Waals surface area contributed by atoms with Crippen LogP contribution in [0.3, 0.4) is 0 Å². The number of carbonyl (C=O) groups excluding carboxylic acids is 1. The summed E-state index contributed by atoms with van der Waals surface area (Å²) in [5.41, 5.74) is 1.17. The van der Waals surface area contributed by atoms with Crippen LogP contribution in [0.25, 0.3) is 0 Å². The lowest BCUT2D eigenvalue weighted by molar-refractivity contribution is 0.256. The van der Waals surface area contributed by atoms with E-state index in [2.05, 4.69) is 27.4 Å². The largest absolute Gasteiger partial charge is 0.382 e. The molecule has 31 heavy (non-hydrogen) atoms. The summed E-state index contributed by atoms with van der Waals surface area (Å²) in [5.74, 6) is 1.65. The van der Waals surface area contributed by atoms with Crippen LogP contribution in [-0.2, 0) is 0 Å². The summed E-state index contributed by atoms with van der Waals surface area (Å²) < 4.78 is 13.5. The van der Waals surface area contributed by atoms with Crippen LogP contribution in [0.1, 0.15) is 46.5 Å². The molecular formula is C23H33FN6O. The quantitative estimate of drug-likeness (QED) is 0.694. The Morgan fingerprint density at radius 3 is 2.81 bits per heavy atom. The van der Waals surface area contributed by atoms with Gasteiger partial charge in [0, 0.05) is 32.2 Å². The van der Waals surface area contributed by atoms with Gasteiger partial charge in [-0.2, -0.15) is 0 Å². The smallest absolute Gasteiger partial charge is 0.327 e. The molecule has 2 aliphatic rings. The maximum absolute atomic E-state index is 13.5. The molecule has 8 heteroatoms. The molecule has 1 unspecified atom stereocenters.